The minimum absolute atomic E-state index is 0.0703. The SMILES string of the molecule is O=C(O)c1cccc(C(=O)N2CCC(C(=O)NCc3ccc(F)cc3)CC2)c1. The quantitative estimate of drug-likeness (QED) is 0.830. The molecule has 0 unspecified atom stereocenters. The first-order chi connectivity index (χ1) is 13.4. The van der Waals surface area contributed by atoms with Crippen molar-refractivity contribution in [2.45, 2.75) is 19.4 Å². The minimum Gasteiger partial charge on any atom is -0.478 e. The van der Waals surface area contributed by atoms with E-state index in [4.69, 9.17) is 5.11 Å². The van der Waals surface area contributed by atoms with Gasteiger partial charge in [0, 0.05) is 31.1 Å². The van der Waals surface area contributed by atoms with E-state index in [0.29, 0.717) is 38.0 Å². The lowest BCUT2D eigenvalue weighted by atomic mass is 9.95. The van der Waals surface area contributed by atoms with Crippen molar-refractivity contribution in [2.24, 2.45) is 5.92 Å². The maximum Gasteiger partial charge on any atom is 0.335 e. The van der Waals surface area contributed by atoms with E-state index in [-0.39, 0.29) is 29.1 Å². The molecular formula is C21H21FN2O4. The summed E-state index contributed by atoms with van der Waals surface area (Å²) in [7, 11) is 0. The number of likely N-dealkylation sites (tertiary alicyclic amines) is 1. The molecule has 0 aromatic heterocycles. The number of piperidine rings is 1. The van der Waals surface area contributed by atoms with E-state index in [1.54, 1.807) is 29.2 Å². The summed E-state index contributed by atoms with van der Waals surface area (Å²) in [5, 5.41) is 11.9. The van der Waals surface area contributed by atoms with Gasteiger partial charge in [0.05, 0.1) is 5.56 Å². The summed E-state index contributed by atoms with van der Waals surface area (Å²) in [5.74, 6) is -1.89. The van der Waals surface area contributed by atoms with E-state index in [9.17, 15) is 18.8 Å². The average Bonchev–Trinajstić information content (AvgIpc) is 2.72. The summed E-state index contributed by atoms with van der Waals surface area (Å²) in [6.45, 7) is 1.20. The monoisotopic (exact) mass is 384 g/mol. The van der Waals surface area contributed by atoms with Crippen molar-refractivity contribution in [1.29, 1.82) is 0 Å². The number of nitrogens with one attached hydrogen (secondary N) is 1. The highest BCUT2D eigenvalue weighted by Gasteiger charge is 2.28. The van der Waals surface area contributed by atoms with Gasteiger partial charge in [0.1, 0.15) is 5.82 Å². The fourth-order valence-corrected chi connectivity index (χ4v) is 3.25. The minimum atomic E-state index is -1.08. The van der Waals surface area contributed by atoms with Gasteiger partial charge in [0.25, 0.3) is 5.91 Å². The van der Waals surface area contributed by atoms with E-state index >= 15 is 0 Å². The number of halogens is 1. The van der Waals surface area contributed by atoms with Crippen LogP contribution in [0.25, 0.3) is 0 Å². The molecule has 0 atom stereocenters. The number of hydrogen-bond donors (Lipinski definition) is 2. The van der Waals surface area contributed by atoms with Gasteiger partial charge in [-0.25, -0.2) is 9.18 Å². The lowest BCUT2D eigenvalue weighted by Crippen LogP contribution is -2.43. The van der Waals surface area contributed by atoms with Gasteiger partial charge in [-0.1, -0.05) is 18.2 Å². The summed E-state index contributed by atoms with van der Waals surface area (Å²) < 4.78 is 12.9. The Morgan fingerprint density at radius 1 is 1.04 bits per heavy atom. The predicted molar refractivity (Wildman–Crippen MR) is 100 cm³/mol. The van der Waals surface area contributed by atoms with Crippen LogP contribution < -0.4 is 5.32 Å². The van der Waals surface area contributed by atoms with Gasteiger partial charge in [-0.2, -0.15) is 0 Å². The highest BCUT2D eigenvalue weighted by atomic mass is 19.1. The number of carboxylic acid groups (broad SMARTS) is 1. The zero-order valence-electron chi connectivity index (χ0n) is 15.2. The largest absolute Gasteiger partial charge is 0.478 e. The number of aromatic carboxylic acids is 1. The molecule has 1 aliphatic heterocycles. The molecule has 2 N–H and O–H groups in total. The predicted octanol–water partition coefficient (Wildman–Crippen LogP) is 2.69. The summed E-state index contributed by atoms with van der Waals surface area (Å²) in [5.41, 5.74) is 1.22. The zero-order valence-corrected chi connectivity index (χ0v) is 15.2. The third-order valence-electron chi connectivity index (χ3n) is 4.89. The molecule has 146 valence electrons. The van der Waals surface area contributed by atoms with Gasteiger partial charge < -0.3 is 15.3 Å². The molecule has 2 amide bonds. The van der Waals surface area contributed by atoms with Gasteiger partial charge in [-0.05, 0) is 48.7 Å². The number of amides is 2. The second-order valence-electron chi connectivity index (χ2n) is 6.80. The smallest absolute Gasteiger partial charge is 0.335 e. The van der Waals surface area contributed by atoms with Crippen LogP contribution in [-0.2, 0) is 11.3 Å². The normalized spacial score (nSPS) is 14.5. The van der Waals surface area contributed by atoms with Crippen molar-refractivity contribution in [3.8, 4) is 0 Å². The molecule has 0 spiro atoms. The zero-order chi connectivity index (χ0) is 20.1. The van der Waals surface area contributed by atoms with Crippen LogP contribution >= 0.6 is 0 Å². The van der Waals surface area contributed by atoms with Crippen molar-refractivity contribution in [3.05, 3.63) is 71.0 Å². The Balaban J connectivity index is 1.51. The molecule has 0 radical (unpaired) electrons. The van der Waals surface area contributed by atoms with Crippen LogP contribution in [0, 0.1) is 11.7 Å². The molecule has 1 heterocycles. The third kappa shape index (κ3) is 4.73. The Hall–Kier alpha value is -3.22. The average molecular weight is 384 g/mol. The molecule has 0 bridgehead atoms. The Kier molecular flexibility index (Phi) is 6.03. The fraction of sp³-hybridized carbons (Fsp3) is 0.286. The lowest BCUT2D eigenvalue weighted by Gasteiger charge is -2.31. The van der Waals surface area contributed by atoms with Crippen LogP contribution in [0.15, 0.2) is 48.5 Å². The molecule has 1 fully saturated rings. The van der Waals surface area contributed by atoms with Crippen molar-refractivity contribution in [2.75, 3.05) is 13.1 Å². The van der Waals surface area contributed by atoms with Crippen molar-refractivity contribution in [3.63, 3.8) is 0 Å². The molecule has 2 aromatic carbocycles. The van der Waals surface area contributed by atoms with Gasteiger partial charge in [0.15, 0.2) is 0 Å². The molecule has 1 saturated heterocycles. The third-order valence-corrected chi connectivity index (χ3v) is 4.89. The van der Waals surface area contributed by atoms with Crippen LogP contribution in [0.4, 0.5) is 4.39 Å². The summed E-state index contributed by atoms with van der Waals surface area (Å²) in [6.07, 6.45) is 1.08. The maximum atomic E-state index is 12.9. The molecular weight excluding hydrogens is 363 g/mol. The van der Waals surface area contributed by atoms with E-state index in [0.717, 1.165) is 5.56 Å². The Morgan fingerprint density at radius 2 is 1.68 bits per heavy atom. The van der Waals surface area contributed by atoms with Crippen LogP contribution in [0.2, 0.25) is 0 Å². The molecule has 6 nitrogen and oxygen atoms in total. The maximum absolute atomic E-state index is 12.9. The first-order valence-corrected chi connectivity index (χ1v) is 9.09. The van der Waals surface area contributed by atoms with E-state index < -0.39 is 5.97 Å². The lowest BCUT2D eigenvalue weighted by molar-refractivity contribution is -0.126. The van der Waals surface area contributed by atoms with E-state index in [1.165, 1.54) is 24.3 Å². The van der Waals surface area contributed by atoms with Gasteiger partial charge in [-0.15, -0.1) is 0 Å². The topological polar surface area (TPSA) is 86.7 Å². The number of nitrogens with zero attached hydrogens (tertiary/aromatic N) is 1. The van der Waals surface area contributed by atoms with E-state index in [2.05, 4.69) is 5.32 Å². The van der Waals surface area contributed by atoms with Crippen molar-refractivity contribution in [1.82, 2.24) is 10.2 Å². The fourth-order valence-electron chi connectivity index (χ4n) is 3.25. The molecule has 1 aliphatic rings. The van der Waals surface area contributed by atoms with E-state index in [1.807, 2.05) is 0 Å². The van der Waals surface area contributed by atoms with Gasteiger partial charge in [-0.3, -0.25) is 9.59 Å². The first-order valence-electron chi connectivity index (χ1n) is 9.09. The van der Waals surface area contributed by atoms with Crippen molar-refractivity contribution >= 4 is 17.8 Å². The Bertz CT molecular complexity index is 874. The summed E-state index contributed by atoms with van der Waals surface area (Å²) in [6, 6.07) is 11.9. The van der Waals surface area contributed by atoms with Crippen LogP contribution in [0.3, 0.4) is 0 Å². The second-order valence-corrected chi connectivity index (χ2v) is 6.80. The number of hydrogen-bond acceptors (Lipinski definition) is 3. The number of carbonyl (C=O) groups excluding carboxylic acids is 2. The molecule has 28 heavy (non-hydrogen) atoms. The molecule has 2 aromatic rings. The van der Waals surface area contributed by atoms with Gasteiger partial charge in [0.2, 0.25) is 5.91 Å². The number of benzene rings is 2. The number of carbonyl (C=O) groups is 3. The standard InChI is InChI=1S/C21H21FN2O4/c22-18-6-4-14(5-7-18)13-23-19(25)15-8-10-24(11-9-15)20(26)16-2-1-3-17(12-16)21(27)28/h1-7,12,15H,8-11,13H2,(H,23,25)(H,27,28). The highest BCUT2D eigenvalue weighted by Crippen LogP contribution is 2.20. The molecule has 0 saturated carbocycles. The van der Waals surface area contributed by atoms with Crippen LogP contribution in [0.1, 0.15) is 39.1 Å². The van der Waals surface area contributed by atoms with Crippen LogP contribution in [-0.4, -0.2) is 40.9 Å². The van der Waals surface area contributed by atoms with Crippen molar-refractivity contribution < 1.29 is 23.9 Å². The van der Waals surface area contributed by atoms with Crippen LogP contribution in [0.5, 0.6) is 0 Å². The first kappa shape index (κ1) is 19.5. The Labute approximate surface area is 162 Å². The molecule has 3 rings (SSSR count). The number of carboxylic acids is 1. The molecule has 7 heteroatoms. The highest BCUT2D eigenvalue weighted by molar-refractivity contribution is 5.97. The summed E-state index contributed by atoms with van der Waals surface area (Å²) >= 11 is 0. The Morgan fingerprint density at radius 3 is 2.32 bits per heavy atom. The molecule has 0 aliphatic carbocycles. The summed E-state index contributed by atoms with van der Waals surface area (Å²) in [4.78, 5) is 37.6. The second kappa shape index (κ2) is 8.65. The van der Waals surface area contributed by atoms with Gasteiger partial charge >= 0.3 is 5.97 Å². The number of rotatable bonds is 5.